The molecule has 1 N–H and O–H groups in total. The van der Waals surface area contributed by atoms with Gasteiger partial charge in [-0.15, -0.1) is 0 Å². The molecule has 3 aromatic rings. The van der Waals surface area contributed by atoms with Crippen molar-refractivity contribution in [1.82, 2.24) is 19.9 Å². The van der Waals surface area contributed by atoms with Crippen LogP contribution in [0.3, 0.4) is 0 Å². The van der Waals surface area contributed by atoms with Crippen molar-refractivity contribution in [3.05, 3.63) is 77.0 Å². The van der Waals surface area contributed by atoms with Gasteiger partial charge >= 0.3 is 0 Å². The molecule has 0 unspecified atom stereocenters. The van der Waals surface area contributed by atoms with Gasteiger partial charge in [-0.1, -0.05) is 41.9 Å². The lowest BCUT2D eigenvalue weighted by atomic mass is 10.2. The van der Waals surface area contributed by atoms with E-state index in [9.17, 15) is 0 Å². The van der Waals surface area contributed by atoms with Gasteiger partial charge in [0.1, 0.15) is 11.8 Å². The maximum absolute atomic E-state index is 6.13. The van der Waals surface area contributed by atoms with E-state index in [1.807, 2.05) is 55.7 Å². The molecule has 0 radical (unpaired) electrons. The van der Waals surface area contributed by atoms with Crippen molar-refractivity contribution in [3.63, 3.8) is 0 Å². The molecule has 0 fully saturated rings. The Labute approximate surface area is 159 Å². The van der Waals surface area contributed by atoms with Gasteiger partial charge in [-0.2, -0.15) is 0 Å². The Kier molecular flexibility index (Phi) is 6.63. The number of hydrogen-bond acceptors (Lipinski definition) is 4. The highest BCUT2D eigenvalue weighted by molar-refractivity contribution is 6.29. The van der Waals surface area contributed by atoms with Crippen molar-refractivity contribution in [2.45, 2.75) is 33.0 Å². The third-order valence-corrected chi connectivity index (χ3v) is 4.11. The second-order valence-corrected chi connectivity index (χ2v) is 6.58. The highest BCUT2D eigenvalue weighted by atomic mass is 35.5. The number of hydrogen-bond donors (Lipinski definition) is 1. The Morgan fingerprint density at radius 3 is 2.77 bits per heavy atom. The summed E-state index contributed by atoms with van der Waals surface area (Å²) in [6.45, 7) is 5.07. The summed E-state index contributed by atoms with van der Waals surface area (Å²) in [6.07, 6.45) is 4.96. The molecule has 0 spiro atoms. The molecule has 3 rings (SSSR count). The van der Waals surface area contributed by atoms with Crippen LogP contribution in [0.5, 0.6) is 5.88 Å². The van der Waals surface area contributed by atoms with Gasteiger partial charge in [-0.3, -0.25) is 0 Å². The lowest BCUT2D eigenvalue weighted by Gasteiger charge is -2.09. The van der Waals surface area contributed by atoms with Crippen LogP contribution in [0.1, 0.15) is 23.2 Å². The summed E-state index contributed by atoms with van der Waals surface area (Å²) in [7, 11) is 0. The number of benzene rings is 1. The molecule has 2 aromatic heterocycles. The molecule has 0 saturated carbocycles. The van der Waals surface area contributed by atoms with E-state index >= 15 is 0 Å². The van der Waals surface area contributed by atoms with E-state index in [2.05, 4.69) is 26.0 Å². The van der Waals surface area contributed by atoms with Crippen molar-refractivity contribution in [2.75, 3.05) is 6.54 Å². The van der Waals surface area contributed by atoms with E-state index in [-0.39, 0.29) is 0 Å². The first kappa shape index (κ1) is 18.4. The Morgan fingerprint density at radius 2 is 2.00 bits per heavy atom. The Hall–Kier alpha value is -2.37. The van der Waals surface area contributed by atoms with Gasteiger partial charge in [-0.25, -0.2) is 9.97 Å². The SMILES string of the molecule is Cc1cn(CCCNCc2cc(Cl)nc(OCc3ccccc3)c2)cn1. The molecule has 6 heteroatoms. The second-order valence-electron chi connectivity index (χ2n) is 6.19. The number of halogens is 1. The molecule has 0 aliphatic rings. The molecule has 1 aromatic carbocycles. The van der Waals surface area contributed by atoms with Gasteiger partial charge in [-0.05, 0) is 37.1 Å². The summed E-state index contributed by atoms with van der Waals surface area (Å²) >= 11 is 6.13. The van der Waals surface area contributed by atoms with E-state index in [1.165, 1.54) is 0 Å². The number of pyridine rings is 1. The number of nitrogens with one attached hydrogen (secondary N) is 1. The molecule has 2 heterocycles. The number of rotatable bonds is 9. The van der Waals surface area contributed by atoms with Crippen molar-refractivity contribution in [3.8, 4) is 5.88 Å². The number of nitrogens with zero attached hydrogens (tertiary/aromatic N) is 3. The van der Waals surface area contributed by atoms with Crippen molar-refractivity contribution < 1.29 is 4.74 Å². The quantitative estimate of drug-likeness (QED) is 0.457. The fraction of sp³-hybridized carbons (Fsp3) is 0.300. The van der Waals surface area contributed by atoms with Crippen molar-refractivity contribution in [2.24, 2.45) is 0 Å². The zero-order valence-electron chi connectivity index (χ0n) is 14.9. The highest BCUT2D eigenvalue weighted by Gasteiger charge is 2.03. The minimum Gasteiger partial charge on any atom is -0.473 e. The van der Waals surface area contributed by atoms with Crippen molar-refractivity contribution in [1.29, 1.82) is 0 Å². The fourth-order valence-corrected chi connectivity index (χ4v) is 2.87. The van der Waals surface area contributed by atoms with Gasteiger partial charge in [0.25, 0.3) is 0 Å². The van der Waals surface area contributed by atoms with Crippen LogP contribution in [-0.4, -0.2) is 21.1 Å². The summed E-state index contributed by atoms with van der Waals surface area (Å²) < 4.78 is 7.87. The van der Waals surface area contributed by atoms with Crippen LogP contribution >= 0.6 is 11.6 Å². The first-order valence-electron chi connectivity index (χ1n) is 8.71. The molecule has 0 atom stereocenters. The zero-order valence-corrected chi connectivity index (χ0v) is 15.6. The number of aryl methyl sites for hydroxylation is 2. The predicted octanol–water partition coefficient (Wildman–Crippen LogP) is 4.00. The monoisotopic (exact) mass is 370 g/mol. The number of imidazole rings is 1. The average molecular weight is 371 g/mol. The summed E-state index contributed by atoms with van der Waals surface area (Å²) in [5, 5.41) is 3.88. The second kappa shape index (κ2) is 9.36. The van der Waals surface area contributed by atoms with E-state index in [4.69, 9.17) is 16.3 Å². The number of aromatic nitrogens is 3. The summed E-state index contributed by atoms with van der Waals surface area (Å²) in [5.41, 5.74) is 3.21. The molecule has 5 nitrogen and oxygen atoms in total. The maximum atomic E-state index is 6.13. The molecule has 0 bridgehead atoms. The Morgan fingerprint density at radius 1 is 1.15 bits per heavy atom. The van der Waals surface area contributed by atoms with Gasteiger partial charge in [0.05, 0.1) is 12.0 Å². The fourth-order valence-electron chi connectivity index (χ4n) is 2.64. The lowest BCUT2D eigenvalue weighted by Crippen LogP contribution is -2.16. The summed E-state index contributed by atoms with van der Waals surface area (Å²) in [5.74, 6) is 0.548. The molecule has 0 saturated heterocycles. The maximum Gasteiger partial charge on any atom is 0.215 e. The third-order valence-electron chi connectivity index (χ3n) is 3.92. The summed E-state index contributed by atoms with van der Waals surface area (Å²) in [6, 6.07) is 13.8. The number of ether oxygens (including phenoxy) is 1. The summed E-state index contributed by atoms with van der Waals surface area (Å²) in [4.78, 5) is 8.47. The van der Waals surface area contributed by atoms with E-state index < -0.39 is 0 Å². The van der Waals surface area contributed by atoms with Crippen LogP contribution in [0.4, 0.5) is 0 Å². The van der Waals surface area contributed by atoms with Gasteiger partial charge < -0.3 is 14.6 Å². The van der Waals surface area contributed by atoms with E-state index in [0.717, 1.165) is 42.9 Å². The molecule has 26 heavy (non-hydrogen) atoms. The molecule has 136 valence electrons. The molecule has 0 aliphatic carbocycles. The third kappa shape index (κ3) is 5.86. The standard InChI is InChI=1S/C20H23ClN4O/c1-16-13-25(15-23-16)9-5-8-22-12-18-10-19(21)24-20(11-18)26-14-17-6-3-2-4-7-17/h2-4,6-7,10-11,13,15,22H,5,8-9,12,14H2,1H3. The van der Waals surface area contributed by atoms with E-state index in [0.29, 0.717) is 17.6 Å². The average Bonchev–Trinajstić information content (AvgIpc) is 3.05. The van der Waals surface area contributed by atoms with Crippen molar-refractivity contribution >= 4 is 11.6 Å². The van der Waals surface area contributed by atoms with Crippen LogP contribution in [0.15, 0.2) is 55.0 Å². The molecular weight excluding hydrogens is 348 g/mol. The van der Waals surface area contributed by atoms with Gasteiger partial charge in [0, 0.05) is 25.4 Å². The highest BCUT2D eigenvalue weighted by Crippen LogP contribution is 2.17. The minimum absolute atomic E-state index is 0.446. The topological polar surface area (TPSA) is 52.0 Å². The normalized spacial score (nSPS) is 10.8. The molecular formula is C20H23ClN4O. The van der Waals surface area contributed by atoms with Crippen LogP contribution < -0.4 is 10.1 Å². The predicted molar refractivity (Wildman–Crippen MR) is 103 cm³/mol. The van der Waals surface area contributed by atoms with Crippen LogP contribution in [0, 0.1) is 6.92 Å². The van der Waals surface area contributed by atoms with Crippen LogP contribution in [0.25, 0.3) is 0 Å². The Balaban J connectivity index is 1.44. The first-order valence-corrected chi connectivity index (χ1v) is 9.09. The molecule has 0 amide bonds. The largest absolute Gasteiger partial charge is 0.473 e. The molecule has 0 aliphatic heterocycles. The van der Waals surface area contributed by atoms with Gasteiger partial charge in [0.15, 0.2) is 0 Å². The Bertz CT molecular complexity index is 820. The van der Waals surface area contributed by atoms with Crippen LogP contribution in [0.2, 0.25) is 5.15 Å². The minimum atomic E-state index is 0.446. The zero-order chi connectivity index (χ0) is 18.2. The van der Waals surface area contributed by atoms with E-state index in [1.54, 1.807) is 0 Å². The van der Waals surface area contributed by atoms with Gasteiger partial charge in [0.2, 0.25) is 5.88 Å². The first-order chi connectivity index (χ1) is 12.7. The lowest BCUT2D eigenvalue weighted by molar-refractivity contribution is 0.293. The van der Waals surface area contributed by atoms with Crippen LogP contribution in [-0.2, 0) is 19.7 Å². The smallest absolute Gasteiger partial charge is 0.215 e.